The van der Waals surface area contributed by atoms with Gasteiger partial charge in [0.05, 0.1) is 0 Å². The Bertz CT molecular complexity index is 740. The number of anilines is 1. The summed E-state index contributed by atoms with van der Waals surface area (Å²) in [7, 11) is 0. The maximum absolute atomic E-state index is 11.7. The monoisotopic (exact) mass is 365 g/mol. The van der Waals surface area contributed by atoms with Crippen molar-refractivity contribution in [3.63, 3.8) is 0 Å². The van der Waals surface area contributed by atoms with Crippen molar-refractivity contribution in [2.24, 2.45) is 0 Å². The number of nitrogens with zero attached hydrogens (tertiary/aromatic N) is 1. The molecule has 0 aromatic heterocycles. The van der Waals surface area contributed by atoms with E-state index in [2.05, 4.69) is 52.0 Å². The molecule has 1 aliphatic heterocycles. The standard InChI is InChI=1S/C22H27N3O2/c26-22(27-18-20-8-2-1-3-9-20)24-12-5-4-7-19-10-6-11-21(17-19)25-15-13-23-14-16-25/h1-4,6-11,17,23H,5,12-16,18H2,(H,24,26). The number of carbonyl (C=O) groups excluding carboxylic acids is 1. The second-order valence-corrected chi connectivity index (χ2v) is 6.51. The number of hydrogen-bond acceptors (Lipinski definition) is 4. The van der Waals surface area contributed by atoms with Gasteiger partial charge >= 0.3 is 6.09 Å². The number of hydrogen-bond donors (Lipinski definition) is 2. The lowest BCUT2D eigenvalue weighted by Crippen LogP contribution is -2.43. The summed E-state index contributed by atoms with van der Waals surface area (Å²) in [5, 5.41) is 6.15. The van der Waals surface area contributed by atoms with Crippen LogP contribution in [0.2, 0.25) is 0 Å². The number of amides is 1. The minimum atomic E-state index is -0.382. The molecule has 0 aliphatic carbocycles. The number of piperazine rings is 1. The molecule has 1 fully saturated rings. The molecule has 1 heterocycles. The van der Waals surface area contributed by atoms with Crippen molar-refractivity contribution in [2.45, 2.75) is 13.0 Å². The van der Waals surface area contributed by atoms with Crippen LogP contribution in [0.25, 0.3) is 6.08 Å². The van der Waals surface area contributed by atoms with Gasteiger partial charge in [-0.2, -0.15) is 0 Å². The van der Waals surface area contributed by atoms with E-state index < -0.39 is 0 Å². The van der Waals surface area contributed by atoms with Gasteiger partial charge in [0, 0.05) is 38.4 Å². The maximum atomic E-state index is 11.7. The molecular formula is C22H27N3O2. The molecule has 1 aliphatic rings. The molecule has 0 unspecified atom stereocenters. The molecule has 0 atom stereocenters. The van der Waals surface area contributed by atoms with Gasteiger partial charge in [0.25, 0.3) is 0 Å². The van der Waals surface area contributed by atoms with Crippen molar-refractivity contribution in [1.82, 2.24) is 10.6 Å². The van der Waals surface area contributed by atoms with Crippen molar-refractivity contribution in [3.8, 4) is 0 Å². The topological polar surface area (TPSA) is 53.6 Å². The highest BCUT2D eigenvalue weighted by molar-refractivity contribution is 5.67. The van der Waals surface area contributed by atoms with Gasteiger partial charge in [0.1, 0.15) is 6.61 Å². The van der Waals surface area contributed by atoms with Crippen LogP contribution < -0.4 is 15.5 Å². The summed E-state index contributed by atoms with van der Waals surface area (Å²) in [6, 6.07) is 18.2. The third-order valence-corrected chi connectivity index (χ3v) is 4.46. The van der Waals surface area contributed by atoms with Crippen LogP contribution in [0.15, 0.2) is 60.7 Å². The van der Waals surface area contributed by atoms with Gasteiger partial charge in [-0.05, 0) is 29.7 Å². The number of benzene rings is 2. The maximum Gasteiger partial charge on any atom is 0.407 e. The molecule has 0 bridgehead atoms. The fourth-order valence-electron chi connectivity index (χ4n) is 3.00. The highest BCUT2D eigenvalue weighted by atomic mass is 16.5. The summed E-state index contributed by atoms with van der Waals surface area (Å²) in [4.78, 5) is 14.1. The number of rotatable bonds is 7. The summed E-state index contributed by atoms with van der Waals surface area (Å²) >= 11 is 0. The van der Waals surface area contributed by atoms with Crippen LogP contribution in [-0.4, -0.2) is 38.8 Å². The van der Waals surface area contributed by atoms with E-state index >= 15 is 0 Å². The fourth-order valence-corrected chi connectivity index (χ4v) is 3.00. The van der Waals surface area contributed by atoms with Gasteiger partial charge in [-0.3, -0.25) is 0 Å². The van der Waals surface area contributed by atoms with Gasteiger partial charge in [0.2, 0.25) is 0 Å². The third-order valence-electron chi connectivity index (χ3n) is 4.46. The normalized spacial score (nSPS) is 14.3. The smallest absolute Gasteiger partial charge is 0.407 e. The molecule has 2 aromatic rings. The minimum absolute atomic E-state index is 0.293. The highest BCUT2D eigenvalue weighted by Crippen LogP contribution is 2.17. The van der Waals surface area contributed by atoms with Crippen molar-refractivity contribution in [3.05, 3.63) is 71.8 Å². The number of ether oxygens (including phenoxy) is 1. The second kappa shape index (κ2) is 10.4. The van der Waals surface area contributed by atoms with Crippen LogP contribution in [0.5, 0.6) is 0 Å². The van der Waals surface area contributed by atoms with E-state index in [4.69, 9.17) is 4.74 Å². The number of alkyl carbamates (subject to hydrolysis) is 1. The van der Waals surface area contributed by atoms with Crippen LogP contribution in [0.3, 0.4) is 0 Å². The first-order valence-corrected chi connectivity index (χ1v) is 9.48. The Morgan fingerprint density at radius 2 is 1.93 bits per heavy atom. The van der Waals surface area contributed by atoms with E-state index in [0.717, 1.165) is 38.2 Å². The zero-order valence-electron chi connectivity index (χ0n) is 15.6. The summed E-state index contributed by atoms with van der Waals surface area (Å²) in [5.74, 6) is 0. The summed E-state index contributed by atoms with van der Waals surface area (Å²) < 4.78 is 5.19. The van der Waals surface area contributed by atoms with E-state index in [9.17, 15) is 4.79 Å². The van der Waals surface area contributed by atoms with Crippen molar-refractivity contribution in [1.29, 1.82) is 0 Å². The van der Waals surface area contributed by atoms with Gasteiger partial charge in [0.15, 0.2) is 0 Å². The summed E-state index contributed by atoms with van der Waals surface area (Å²) in [6.07, 6.45) is 4.56. The molecule has 5 nitrogen and oxygen atoms in total. The Hall–Kier alpha value is -2.79. The van der Waals surface area contributed by atoms with E-state index in [0.29, 0.717) is 13.2 Å². The quantitative estimate of drug-likeness (QED) is 0.738. The zero-order valence-corrected chi connectivity index (χ0v) is 15.6. The lowest BCUT2D eigenvalue weighted by Gasteiger charge is -2.29. The van der Waals surface area contributed by atoms with Gasteiger partial charge in [-0.15, -0.1) is 0 Å². The molecule has 0 spiro atoms. The fraction of sp³-hybridized carbons (Fsp3) is 0.318. The Kier molecular flexibility index (Phi) is 7.30. The zero-order chi connectivity index (χ0) is 18.7. The molecule has 0 radical (unpaired) electrons. The van der Waals surface area contributed by atoms with Gasteiger partial charge < -0.3 is 20.3 Å². The molecule has 5 heteroatoms. The predicted octanol–water partition coefficient (Wildman–Crippen LogP) is 3.43. The minimum Gasteiger partial charge on any atom is -0.445 e. The number of nitrogens with one attached hydrogen (secondary N) is 2. The Balaban J connectivity index is 1.37. The largest absolute Gasteiger partial charge is 0.445 e. The lowest BCUT2D eigenvalue weighted by molar-refractivity contribution is 0.140. The van der Waals surface area contributed by atoms with Crippen LogP contribution in [0.4, 0.5) is 10.5 Å². The molecule has 2 aromatic carbocycles. The average molecular weight is 365 g/mol. The van der Waals surface area contributed by atoms with Crippen LogP contribution >= 0.6 is 0 Å². The highest BCUT2D eigenvalue weighted by Gasteiger charge is 2.09. The van der Waals surface area contributed by atoms with Crippen molar-refractivity contribution >= 4 is 17.9 Å². The van der Waals surface area contributed by atoms with E-state index in [1.54, 1.807) is 0 Å². The molecule has 1 saturated heterocycles. The lowest BCUT2D eigenvalue weighted by atomic mass is 10.1. The first-order valence-electron chi connectivity index (χ1n) is 9.48. The SMILES string of the molecule is O=C(NCCC=Cc1cccc(N2CCNCC2)c1)OCc1ccccc1. The molecule has 27 heavy (non-hydrogen) atoms. The van der Waals surface area contributed by atoms with Crippen molar-refractivity contribution < 1.29 is 9.53 Å². The Labute approximate surface area is 161 Å². The second-order valence-electron chi connectivity index (χ2n) is 6.51. The van der Waals surface area contributed by atoms with E-state index in [1.165, 1.54) is 11.3 Å². The van der Waals surface area contributed by atoms with Gasteiger partial charge in [-0.1, -0.05) is 54.6 Å². The van der Waals surface area contributed by atoms with Gasteiger partial charge in [-0.25, -0.2) is 4.79 Å². The molecule has 0 saturated carbocycles. The molecule has 142 valence electrons. The Morgan fingerprint density at radius 1 is 1.11 bits per heavy atom. The molecule has 2 N–H and O–H groups in total. The first-order chi connectivity index (χ1) is 13.3. The van der Waals surface area contributed by atoms with E-state index in [1.807, 2.05) is 30.3 Å². The average Bonchev–Trinajstić information content (AvgIpc) is 2.74. The summed E-state index contributed by atoms with van der Waals surface area (Å²) in [6.45, 7) is 5.01. The van der Waals surface area contributed by atoms with Crippen LogP contribution in [0, 0.1) is 0 Å². The molecular weight excluding hydrogens is 338 g/mol. The summed E-state index contributed by atoms with van der Waals surface area (Å²) in [5.41, 5.74) is 3.43. The van der Waals surface area contributed by atoms with Crippen molar-refractivity contribution in [2.75, 3.05) is 37.6 Å². The Morgan fingerprint density at radius 3 is 2.74 bits per heavy atom. The third kappa shape index (κ3) is 6.46. The number of carbonyl (C=O) groups is 1. The first kappa shape index (κ1) is 19.0. The predicted molar refractivity (Wildman–Crippen MR) is 110 cm³/mol. The molecule has 1 amide bonds. The molecule has 3 rings (SSSR count). The van der Waals surface area contributed by atoms with Crippen LogP contribution in [-0.2, 0) is 11.3 Å². The van der Waals surface area contributed by atoms with E-state index in [-0.39, 0.29) is 6.09 Å². The van der Waals surface area contributed by atoms with Crippen LogP contribution in [0.1, 0.15) is 17.5 Å².